The molecular weight excluding hydrogens is 406 g/mol. The van der Waals surface area contributed by atoms with Crippen molar-refractivity contribution in [3.8, 4) is 11.5 Å². The average Bonchev–Trinajstić information content (AvgIpc) is 3.14. The Balaban J connectivity index is 1.42. The van der Waals surface area contributed by atoms with Crippen LogP contribution in [0.15, 0.2) is 88.8 Å². The summed E-state index contributed by atoms with van der Waals surface area (Å²) >= 11 is 0. The first-order valence-electron chi connectivity index (χ1n) is 9.86. The number of nitrogens with zero attached hydrogens (tertiary/aromatic N) is 1. The quantitative estimate of drug-likeness (QED) is 0.336. The zero-order valence-corrected chi connectivity index (χ0v) is 16.7. The number of hydrogen-bond acceptors (Lipinski definition) is 4. The number of aliphatic imine (C=N–C) groups is 1. The van der Waals surface area contributed by atoms with E-state index in [1.54, 1.807) is 42.6 Å². The van der Waals surface area contributed by atoms with E-state index >= 15 is 0 Å². The Morgan fingerprint density at radius 2 is 1.75 bits per heavy atom. The Labute approximate surface area is 181 Å². The van der Waals surface area contributed by atoms with Gasteiger partial charge in [-0.15, -0.1) is 0 Å². The number of ether oxygens (including phenoxy) is 1. The second-order valence-electron chi connectivity index (χ2n) is 7.17. The SMILES string of the molecule is O=C(O)c1cccc(Oc2ccc(N=Cc3c(=O)[nH]c4ccc5[nH]cccc5c34)cc2)c1. The summed E-state index contributed by atoms with van der Waals surface area (Å²) in [6.45, 7) is 0. The summed E-state index contributed by atoms with van der Waals surface area (Å²) in [4.78, 5) is 34.1. The van der Waals surface area contributed by atoms with Gasteiger partial charge in [0.15, 0.2) is 0 Å². The Morgan fingerprint density at radius 1 is 0.938 bits per heavy atom. The molecule has 0 fully saturated rings. The molecule has 0 radical (unpaired) electrons. The second-order valence-corrected chi connectivity index (χ2v) is 7.17. The maximum Gasteiger partial charge on any atom is 0.335 e. The minimum Gasteiger partial charge on any atom is -0.478 e. The Morgan fingerprint density at radius 3 is 2.56 bits per heavy atom. The molecule has 0 amide bonds. The largest absolute Gasteiger partial charge is 0.478 e. The van der Waals surface area contributed by atoms with E-state index in [1.165, 1.54) is 12.1 Å². The van der Waals surface area contributed by atoms with Crippen molar-refractivity contribution in [3.05, 3.63) is 100 Å². The number of rotatable bonds is 5. The van der Waals surface area contributed by atoms with E-state index in [4.69, 9.17) is 9.84 Å². The summed E-state index contributed by atoms with van der Waals surface area (Å²) in [5, 5.41) is 10.9. The fourth-order valence-electron chi connectivity index (χ4n) is 3.59. The molecule has 0 saturated heterocycles. The minimum absolute atomic E-state index is 0.154. The third-order valence-electron chi connectivity index (χ3n) is 5.10. The number of hydrogen-bond donors (Lipinski definition) is 3. The molecule has 7 nitrogen and oxygen atoms in total. The molecule has 0 aliphatic rings. The highest BCUT2D eigenvalue weighted by molar-refractivity contribution is 6.13. The van der Waals surface area contributed by atoms with Crippen molar-refractivity contribution >= 4 is 39.7 Å². The Hall–Kier alpha value is -4.65. The fourth-order valence-corrected chi connectivity index (χ4v) is 3.59. The molecule has 7 heteroatoms. The van der Waals surface area contributed by atoms with Gasteiger partial charge in [-0.2, -0.15) is 0 Å². The van der Waals surface area contributed by atoms with Gasteiger partial charge in [0.25, 0.3) is 5.56 Å². The van der Waals surface area contributed by atoms with Crippen LogP contribution in [0.3, 0.4) is 0 Å². The number of carbonyl (C=O) groups is 1. The standard InChI is InChI=1S/C25H17N3O4/c29-24-20(23-19-5-2-12-26-21(19)10-11-22(23)28-24)14-27-16-6-8-17(9-7-16)32-18-4-1-3-15(13-18)25(30)31/h1-14,26H,(H,28,29)(H,30,31). The fraction of sp³-hybridized carbons (Fsp3) is 0. The van der Waals surface area contributed by atoms with Crippen molar-refractivity contribution in [2.75, 3.05) is 0 Å². The highest BCUT2D eigenvalue weighted by Crippen LogP contribution is 2.26. The van der Waals surface area contributed by atoms with Crippen LogP contribution in [0.25, 0.3) is 21.8 Å². The van der Waals surface area contributed by atoms with E-state index in [2.05, 4.69) is 15.0 Å². The van der Waals surface area contributed by atoms with Gasteiger partial charge in [-0.05, 0) is 60.7 Å². The lowest BCUT2D eigenvalue weighted by Crippen LogP contribution is -2.04. The van der Waals surface area contributed by atoms with Crippen LogP contribution in [-0.4, -0.2) is 27.3 Å². The number of benzene rings is 3. The van der Waals surface area contributed by atoms with Crippen molar-refractivity contribution in [1.82, 2.24) is 9.97 Å². The number of aromatic nitrogens is 2. The summed E-state index contributed by atoms with van der Waals surface area (Å²) in [5.41, 5.74) is 2.80. The van der Waals surface area contributed by atoms with Crippen LogP contribution < -0.4 is 10.3 Å². The van der Waals surface area contributed by atoms with E-state index in [0.717, 1.165) is 21.8 Å². The molecule has 0 atom stereocenters. The van der Waals surface area contributed by atoms with Gasteiger partial charge in [0, 0.05) is 34.2 Å². The molecule has 2 aromatic heterocycles. The van der Waals surface area contributed by atoms with Gasteiger partial charge < -0.3 is 19.8 Å². The van der Waals surface area contributed by atoms with Gasteiger partial charge in [0.2, 0.25) is 0 Å². The first kappa shape index (κ1) is 19.3. The maximum atomic E-state index is 12.5. The van der Waals surface area contributed by atoms with Crippen molar-refractivity contribution < 1.29 is 14.6 Å². The summed E-state index contributed by atoms with van der Waals surface area (Å²) in [5.74, 6) is -0.0370. The molecule has 0 aliphatic carbocycles. The van der Waals surface area contributed by atoms with Crippen LogP contribution in [0.5, 0.6) is 11.5 Å². The molecule has 0 unspecified atom stereocenters. The molecule has 5 rings (SSSR count). The summed E-state index contributed by atoms with van der Waals surface area (Å²) < 4.78 is 5.73. The van der Waals surface area contributed by atoms with Crippen LogP contribution in [0.1, 0.15) is 15.9 Å². The van der Waals surface area contributed by atoms with Crippen LogP contribution in [0.2, 0.25) is 0 Å². The molecule has 0 aliphatic heterocycles. The van der Waals surface area contributed by atoms with Crippen LogP contribution in [0.4, 0.5) is 5.69 Å². The molecule has 3 aromatic carbocycles. The monoisotopic (exact) mass is 423 g/mol. The molecule has 0 spiro atoms. The van der Waals surface area contributed by atoms with Crippen molar-refractivity contribution in [2.45, 2.75) is 0 Å². The molecule has 32 heavy (non-hydrogen) atoms. The number of aromatic carboxylic acids is 1. The third-order valence-corrected chi connectivity index (χ3v) is 5.10. The van der Waals surface area contributed by atoms with Crippen LogP contribution in [0, 0.1) is 0 Å². The van der Waals surface area contributed by atoms with Gasteiger partial charge in [-0.3, -0.25) is 9.79 Å². The summed E-state index contributed by atoms with van der Waals surface area (Å²) in [6, 6.07) is 20.9. The van der Waals surface area contributed by atoms with E-state index in [9.17, 15) is 9.59 Å². The number of pyridine rings is 1. The number of nitrogens with one attached hydrogen (secondary N) is 2. The van der Waals surface area contributed by atoms with E-state index in [-0.39, 0.29) is 11.1 Å². The molecule has 5 aromatic rings. The predicted octanol–water partition coefficient (Wildman–Crippen LogP) is 5.25. The molecule has 156 valence electrons. The van der Waals surface area contributed by atoms with Crippen LogP contribution >= 0.6 is 0 Å². The van der Waals surface area contributed by atoms with Gasteiger partial charge in [-0.25, -0.2) is 4.79 Å². The van der Waals surface area contributed by atoms with E-state index in [1.807, 2.05) is 30.5 Å². The molecule has 0 bridgehead atoms. The number of aromatic amines is 2. The van der Waals surface area contributed by atoms with Crippen molar-refractivity contribution in [2.24, 2.45) is 4.99 Å². The number of carboxylic acids is 1. The molecule has 3 N–H and O–H groups in total. The minimum atomic E-state index is -1.01. The summed E-state index contributed by atoms with van der Waals surface area (Å²) in [6.07, 6.45) is 3.41. The molecule has 2 heterocycles. The van der Waals surface area contributed by atoms with Crippen LogP contribution in [-0.2, 0) is 0 Å². The average molecular weight is 423 g/mol. The normalized spacial score (nSPS) is 11.4. The zero-order chi connectivity index (χ0) is 22.1. The second kappa shape index (κ2) is 7.88. The highest BCUT2D eigenvalue weighted by atomic mass is 16.5. The summed E-state index contributed by atoms with van der Waals surface area (Å²) in [7, 11) is 0. The van der Waals surface area contributed by atoms with E-state index in [0.29, 0.717) is 22.7 Å². The van der Waals surface area contributed by atoms with Gasteiger partial charge in [-0.1, -0.05) is 12.1 Å². The van der Waals surface area contributed by atoms with Gasteiger partial charge >= 0.3 is 5.97 Å². The Bertz CT molecular complexity index is 1550. The van der Waals surface area contributed by atoms with Crippen molar-refractivity contribution in [3.63, 3.8) is 0 Å². The lowest BCUT2D eigenvalue weighted by Gasteiger charge is -2.06. The zero-order valence-electron chi connectivity index (χ0n) is 16.7. The van der Waals surface area contributed by atoms with Crippen molar-refractivity contribution in [1.29, 1.82) is 0 Å². The number of fused-ring (bicyclic) bond motifs is 3. The highest BCUT2D eigenvalue weighted by Gasteiger charge is 2.11. The maximum absolute atomic E-state index is 12.5. The predicted molar refractivity (Wildman–Crippen MR) is 124 cm³/mol. The molecular formula is C25H17N3O4. The molecule has 0 saturated carbocycles. The van der Waals surface area contributed by atoms with Gasteiger partial charge in [0.05, 0.1) is 16.8 Å². The van der Waals surface area contributed by atoms with E-state index < -0.39 is 5.97 Å². The van der Waals surface area contributed by atoms with Gasteiger partial charge in [0.1, 0.15) is 11.5 Å². The lowest BCUT2D eigenvalue weighted by atomic mass is 10.1. The number of H-pyrrole nitrogens is 2. The topological polar surface area (TPSA) is 108 Å². The first-order valence-corrected chi connectivity index (χ1v) is 9.86. The Kier molecular flexibility index (Phi) is 4.76. The number of carboxylic acid groups (broad SMARTS) is 1. The lowest BCUT2D eigenvalue weighted by molar-refractivity contribution is 0.0696. The third kappa shape index (κ3) is 3.63. The first-order chi connectivity index (χ1) is 15.6. The smallest absolute Gasteiger partial charge is 0.335 e.